The third-order valence-electron chi connectivity index (χ3n) is 3.80. The van der Waals surface area contributed by atoms with Crippen molar-refractivity contribution in [1.82, 2.24) is 5.16 Å². The summed E-state index contributed by atoms with van der Waals surface area (Å²) >= 11 is 0. The van der Waals surface area contributed by atoms with Gasteiger partial charge in [-0.25, -0.2) is 26.7 Å². The average molecular weight is 398 g/mol. The highest BCUT2D eigenvalue weighted by Gasteiger charge is 2.29. The minimum Gasteiger partial charge on any atom is -0.494 e. The Kier molecular flexibility index (Phi) is 4.94. The molecule has 0 saturated heterocycles. The lowest BCUT2D eigenvalue weighted by Crippen LogP contribution is -2.13. The quantitative estimate of drug-likeness (QED) is 0.706. The fraction of sp³-hybridized carbons (Fsp3) is 0.118. The van der Waals surface area contributed by atoms with Crippen LogP contribution in [0, 0.1) is 5.82 Å². The van der Waals surface area contributed by atoms with Gasteiger partial charge in [-0.05, 0) is 24.3 Å². The number of methoxy groups -OCH3 is 1. The van der Waals surface area contributed by atoms with E-state index in [2.05, 4.69) is 5.16 Å². The van der Waals surface area contributed by atoms with Gasteiger partial charge in [-0.2, -0.15) is 0 Å². The highest BCUT2D eigenvalue weighted by Crippen LogP contribution is 2.41. The zero-order valence-electron chi connectivity index (χ0n) is 13.8. The maximum absolute atomic E-state index is 14.1. The number of sulfonamides is 1. The molecule has 2 N–H and O–H groups in total. The summed E-state index contributed by atoms with van der Waals surface area (Å²) in [7, 11) is -2.95. The SMILES string of the molecule is COc1ccc(-c2noc(C(F)F)c2-c2ccccc2S(N)(=O)=O)cc1F. The molecule has 3 aromatic rings. The first-order chi connectivity index (χ1) is 12.7. The van der Waals surface area contributed by atoms with Gasteiger partial charge in [0.05, 0.1) is 17.6 Å². The van der Waals surface area contributed by atoms with Gasteiger partial charge in [-0.15, -0.1) is 0 Å². The number of halogens is 3. The van der Waals surface area contributed by atoms with Crippen molar-refractivity contribution in [2.75, 3.05) is 7.11 Å². The van der Waals surface area contributed by atoms with Gasteiger partial charge in [0.25, 0.3) is 6.43 Å². The molecule has 0 spiro atoms. The van der Waals surface area contributed by atoms with E-state index < -0.39 is 28.0 Å². The summed E-state index contributed by atoms with van der Waals surface area (Å²) < 4.78 is 74.3. The standard InChI is InChI=1S/C17H13F3N2O4S/c1-25-12-7-6-9(8-11(12)18)15-14(16(17(19)20)26-22-15)10-4-2-3-5-13(10)27(21,23)24/h2-8,17H,1H3,(H2,21,23,24). The number of nitrogens with zero attached hydrogens (tertiary/aromatic N) is 1. The van der Waals surface area contributed by atoms with Crippen LogP contribution in [0.2, 0.25) is 0 Å². The molecule has 0 aliphatic heterocycles. The monoisotopic (exact) mass is 398 g/mol. The first-order valence-corrected chi connectivity index (χ1v) is 9.02. The molecule has 0 fully saturated rings. The van der Waals surface area contributed by atoms with Crippen molar-refractivity contribution in [3.05, 3.63) is 54.0 Å². The number of hydrogen-bond donors (Lipinski definition) is 1. The smallest absolute Gasteiger partial charge is 0.298 e. The molecule has 0 amide bonds. The summed E-state index contributed by atoms with van der Waals surface area (Å²) in [4.78, 5) is -0.384. The fourth-order valence-corrected chi connectivity index (χ4v) is 3.39. The van der Waals surface area contributed by atoms with E-state index in [0.29, 0.717) is 0 Å². The van der Waals surface area contributed by atoms with Crippen LogP contribution in [0.1, 0.15) is 12.2 Å². The topological polar surface area (TPSA) is 95.4 Å². The molecule has 1 heterocycles. The Morgan fingerprint density at radius 2 is 1.89 bits per heavy atom. The molecule has 0 aliphatic carbocycles. The van der Waals surface area contributed by atoms with Crippen molar-refractivity contribution >= 4 is 10.0 Å². The van der Waals surface area contributed by atoms with E-state index in [9.17, 15) is 21.6 Å². The van der Waals surface area contributed by atoms with Gasteiger partial charge >= 0.3 is 0 Å². The Bertz CT molecular complexity index is 1100. The summed E-state index contributed by atoms with van der Waals surface area (Å²) in [5, 5.41) is 8.80. The highest BCUT2D eigenvalue weighted by atomic mass is 32.2. The number of primary sulfonamides is 1. The molecular weight excluding hydrogens is 385 g/mol. The molecule has 0 saturated carbocycles. The zero-order valence-corrected chi connectivity index (χ0v) is 14.6. The number of benzene rings is 2. The number of alkyl halides is 2. The number of rotatable bonds is 5. The van der Waals surface area contributed by atoms with Crippen LogP contribution in [0.4, 0.5) is 13.2 Å². The summed E-state index contributed by atoms with van der Waals surface area (Å²) in [5.74, 6) is -1.65. The molecule has 27 heavy (non-hydrogen) atoms. The van der Waals surface area contributed by atoms with Crippen molar-refractivity contribution in [3.63, 3.8) is 0 Å². The lowest BCUT2D eigenvalue weighted by Gasteiger charge is -2.10. The van der Waals surface area contributed by atoms with E-state index in [1.54, 1.807) is 0 Å². The molecule has 10 heteroatoms. The van der Waals surface area contributed by atoms with Crippen molar-refractivity contribution in [1.29, 1.82) is 0 Å². The molecule has 2 aromatic carbocycles. The number of aromatic nitrogens is 1. The van der Waals surface area contributed by atoms with Gasteiger partial charge in [0.15, 0.2) is 11.6 Å². The second-order valence-corrected chi connectivity index (χ2v) is 6.99. The number of ether oxygens (including phenoxy) is 1. The lowest BCUT2D eigenvalue weighted by molar-refractivity contribution is 0.113. The Labute approximate surface area is 152 Å². The van der Waals surface area contributed by atoms with Crippen LogP contribution < -0.4 is 9.88 Å². The minimum atomic E-state index is -4.23. The van der Waals surface area contributed by atoms with Gasteiger partial charge in [0.1, 0.15) is 5.69 Å². The Balaban J connectivity index is 2.32. The van der Waals surface area contributed by atoms with Crippen LogP contribution >= 0.6 is 0 Å². The first-order valence-electron chi connectivity index (χ1n) is 7.48. The highest BCUT2D eigenvalue weighted by molar-refractivity contribution is 7.89. The van der Waals surface area contributed by atoms with Crippen LogP contribution in [0.3, 0.4) is 0 Å². The van der Waals surface area contributed by atoms with Gasteiger partial charge in [0, 0.05) is 11.1 Å². The summed E-state index contributed by atoms with van der Waals surface area (Å²) in [6.45, 7) is 0. The van der Waals surface area contributed by atoms with Gasteiger partial charge < -0.3 is 9.26 Å². The van der Waals surface area contributed by atoms with E-state index in [1.165, 1.54) is 43.5 Å². The number of hydrogen-bond acceptors (Lipinski definition) is 5. The van der Waals surface area contributed by atoms with Crippen LogP contribution in [-0.2, 0) is 10.0 Å². The molecule has 0 bridgehead atoms. The maximum Gasteiger partial charge on any atom is 0.298 e. The molecule has 0 atom stereocenters. The average Bonchev–Trinajstić information content (AvgIpc) is 3.06. The Morgan fingerprint density at radius 3 is 2.48 bits per heavy atom. The summed E-state index contributed by atoms with van der Waals surface area (Å²) in [5.41, 5.74) is -0.451. The second-order valence-electron chi connectivity index (χ2n) is 5.46. The van der Waals surface area contributed by atoms with Crippen molar-refractivity contribution < 1.29 is 30.8 Å². The molecular formula is C17H13F3N2O4S. The fourth-order valence-electron chi connectivity index (χ4n) is 2.64. The second kappa shape index (κ2) is 7.05. The van der Waals surface area contributed by atoms with E-state index in [0.717, 1.165) is 6.07 Å². The molecule has 6 nitrogen and oxygen atoms in total. The molecule has 3 rings (SSSR count). The molecule has 0 aliphatic rings. The molecule has 0 radical (unpaired) electrons. The lowest BCUT2D eigenvalue weighted by atomic mass is 9.99. The maximum atomic E-state index is 14.1. The minimum absolute atomic E-state index is 0.0529. The van der Waals surface area contributed by atoms with Crippen LogP contribution in [0.25, 0.3) is 22.4 Å². The third-order valence-corrected chi connectivity index (χ3v) is 4.77. The van der Waals surface area contributed by atoms with Crippen molar-refractivity contribution in [2.24, 2.45) is 5.14 Å². The third kappa shape index (κ3) is 3.53. The Morgan fingerprint density at radius 1 is 1.19 bits per heavy atom. The summed E-state index contributed by atoms with van der Waals surface area (Å²) in [6.07, 6.45) is -3.09. The molecule has 142 valence electrons. The molecule has 1 aromatic heterocycles. The van der Waals surface area contributed by atoms with Crippen LogP contribution in [0.5, 0.6) is 5.75 Å². The van der Waals surface area contributed by atoms with E-state index in [4.69, 9.17) is 14.4 Å². The predicted octanol–water partition coefficient (Wildman–Crippen LogP) is 3.74. The van der Waals surface area contributed by atoms with Gasteiger partial charge in [-0.1, -0.05) is 23.4 Å². The van der Waals surface area contributed by atoms with Crippen LogP contribution in [-0.4, -0.2) is 20.7 Å². The molecule has 0 unspecified atom stereocenters. The zero-order chi connectivity index (χ0) is 19.8. The van der Waals surface area contributed by atoms with Crippen LogP contribution in [0.15, 0.2) is 51.9 Å². The van der Waals surface area contributed by atoms with E-state index in [-0.39, 0.29) is 33.0 Å². The van der Waals surface area contributed by atoms with E-state index in [1.807, 2.05) is 0 Å². The van der Waals surface area contributed by atoms with Gasteiger partial charge in [0.2, 0.25) is 15.8 Å². The Hall–Kier alpha value is -2.85. The van der Waals surface area contributed by atoms with Crippen molar-refractivity contribution in [2.45, 2.75) is 11.3 Å². The van der Waals surface area contributed by atoms with E-state index >= 15 is 0 Å². The van der Waals surface area contributed by atoms with Crippen molar-refractivity contribution in [3.8, 4) is 28.1 Å². The van der Waals surface area contributed by atoms with Gasteiger partial charge in [-0.3, -0.25) is 0 Å². The largest absolute Gasteiger partial charge is 0.494 e. The predicted molar refractivity (Wildman–Crippen MR) is 90.2 cm³/mol. The number of nitrogens with two attached hydrogens (primary N) is 1. The first kappa shape index (κ1) is 18.9. The normalized spacial score (nSPS) is 11.8. The summed E-state index contributed by atoms with van der Waals surface area (Å²) in [6, 6.07) is 9.01.